The first kappa shape index (κ1) is 24.4. The molecule has 0 bridgehead atoms. The normalized spacial score (nSPS) is 18.6. The highest BCUT2D eigenvalue weighted by atomic mass is 19.1. The summed E-state index contributed by atoms with van der Waals surface area (Å²) in [4.78, 5) is 27.8. The molecule has 2 aromatic carbocycles. The standard InChI is InChI=1S/C27H32FN5O2/c1-17(2)19-9-11-21(12-10-19)26(20-7-5-4-6-8-20)30-27(35)23-14-22(28)15-32(23)25(34)16-33-18(3)13-24(29)31-33/h4-13,17,22-23,26H,14-16H2,1-3H3,(H2,29,31)(H,30,35)/t22-,23+,26+/m1/s1. The number of aryl methyl sites for hydroxylation is 1. The molecule has 7 nitrogen and oxygen atoms in total. The summed E-state index contributed by atoms with van der Waals surface area (Å²) < 4.78 is 15.9. The molecule has 1 aliphatic heterocycles. The number of likely N-dealkylation sites (tertiary alicyclic amines) is 1. The molecule has 1 aromatic heterocycles. The van der Waals surface area contributed by atoms with Crippen LogP contribution >= 0.6 is 0 Å². The highest BCUT2D eigenvalue weighted by molar-refractivity contribution is 5.89. The molecule has 0 radical (unpaired) electrons. The van der Waals surface area contributed by atoms with Crippen LogP contribution in [0.1, 0.15) is 54.6 Å². The molecule has 0 saturated carbocycles. The van der Waals surface area contributed by atoms with Crippen molar-refractivity contribution in [2.75, 3.05) is 12.3 Å². The van der Waals surface area contributed by atoms with Crippen LogP contribution in [0.5, 0.6) is 0 Å². The number of nitrogen functional groups attached to an aromatic ring is 1. The van der Waals surface area contributed by atoms with Crippen molar-refractivity contribution in [2.45, 2.75) is 57.9 Å². The summed E-state index contributed by atoms with van der Waals surface area (Å²) in [6.07, 6.45) is -1.30. The van der Waals surface area contributed by atoms with Crippen LogP contribution in [0.2, 0.25) is 0 Å². The van der Waals surface area contributed by atoms with Gasteiger partial charge in [-0.2, -0.15) is 5.10 Å². The summed E-state index contributed by atoms with van der Waals surface area (Å²) in [5.74, 6) is -0.0447. The van der Waals surface area contributed by atoms with E-state index in [4.69, 9.17) is 5.73 Å². The summed E-state index contributed by atoms with van der Waals surface area (Å²) >= 11 is 0. The van der Waals surface area contributed by atoms with Gasteiger partial charge in [0.2, 0.25) is 11.8 Å². The molecule has 0 aliphatic carbocycles. The fraction of sp³-hybridized carbons (Fsp3) is 0.370. The van der Waals surface area contributed by atoms with E-state index in [0.29, 0.717) is 11.7 Å². The number of alkyl halides is 1. The molecule has 3 N–H and O–H groups in total. The minimum absolute atomic E-state index is 0.0361. The molecule has 35 heavy (non-hydrogen) atoms. The number of hydrogen-bond acceptors (Lipinski definition) is 4. The predicted octanol–water partition coefficient (Wildman–Crippen LogP) is 3.74. The van der Waals surface area contributed by atoms with Crippen LogP contribution in [0.25, 0.3) is 0 Å². The summed E-state index contributed by atoms with van der Waals surface area (Å²) in [5.41, 5.74) is 9.47. The third-order valence-corrected chi connectivity index (χ3v) is 6.51. The fourth-order valence-electron chi connectivity index (χ4n) is 4.54. The highest BCUT2D eigenvalue weighted by Gasteiger charge is 2.40. The van der Waals surface area contributed by atoms with Crippen molar-refractivity contribution in [1.29, 1.82) is 0 Å². The van der Waals surface area contributed by atoms with Gasteiger partial charge in [0.15, 0.2) is 0 Å². The summed E-state index contributed by atoms with van der Waals surface area (Å²) in [7, 11) is 0. The van der Waals surface area contributed by atoms with Gasteiger partial charge < -0.3 is 16.0 Å². The zero-order valence-corrected chi connectivity index (χ0v) is 20.3. The molecular formula is C27H32FN5O2. The van der Waals surface area contributed by atoms with Gasteiger partial charge in [-0.15, -0.1) is 0 Å². The maximum Gasteiger partial charge on any atom is 0.245 e. The Morgan fingerprint density at radius 2 is 1.71 bits per heavy atom. The van der Waals surface area contributed by atoms with Crippen molar-refractivity contribution in [3.63, 3.8) is 0 Å². The van der Waals surface area contributed by atoms with Crippen LogP contribution in [0, 0.1) is 6.92 Å². The van der Waals surface area contributed by atoms with E-state index in [1.807, 2.05) is 42.5 Å². The lowest BCUT2D eigenvalue weighted by atomic mass is 9.95. The summed E-state index contributed by atoms with van der Waals surface area (Å²) in [5, 5.41) is 7.19. The predicted molar refractivity (Wildman–Crippen MR) is 133 cm³/mol. The average molecular weight is 478 g/mol. The topological polar surface area (TPSA) is 93.2 Å². The van der Waals surface area contributed by atoms with Crippen LogP contribution in [-0.4, -0.2) is 45.3 Å². The number of hydrogen-bond donors (Lipinski definition) is 2. The van der Waals surface area contributed by atoms with Crippen LogP contribution in [-0.2, 0) is 16.1 Å². The van der Waals surface area contributed by atoms with Crippen molar-refractivity contribution in [1.82, 2.24) is 20.0 Å². The largest absolute Gasteiger partial charge is 0.382 e. The second kappa shape index (κ2) is 10.3. The monoisotopic (exact) mass is 477 g/mol. The number of benzene rings is 2. The number of carbonyl (C=O) groups excluding carboxylic acids is 2. The van der Waals surface area contributed by atoms with Gasteiger partial charge in [0, 0.05) is 18.2 Å². The highest BCUT2D eigenvalue weighted by Crippen LogP contribution is 2.27. The first-order valence-electron chi connectivity index (χ1n) is 11.9. The third-order valence-electron chi connectivity index (χ3n) is 6.51. The van der Waals surface area contributed by atoms with Gasteiger partial charge in [-0.25, -0.2) is 4.39 Å². The van der Waals surface area contributed by atoms with E-state index in [1.54, 1.807) is 13.0 Å². The Balaban J connectivity index is 1.56. The number of carbonyl (C=O) groups is 2. The molecule has 1 aliphatic rings. The van der Waals surface area contributed by atoms with Gasteiger partial charge in [0.05, 0.1) is 12.6 Å². The molecule has 3 atom stereocenters. The fourth-order valence-corrected chi connectivity index (χ4v) is 4.54. The molecule has 1 saturated heterocycles. The molecule has 4 rings (SSSR count). The lowest BCUT2D eigenvalue weighted by Crippen LogP contribution is -2.48. The SMILES string of the molecule is Cc1cc(N)nn1CC(=O)N1C[C@H](F)C[C@H]1C(=O)N[C@@H](c1ccccc1)c1ccc(C(C)C)cc1. The number of amides is 2. The molecule has 2 amide bonds. The Bertz CT molecular complexity index is 1180. The number of rotatable bonds is 7. The van der Waals surface area contributed by atoms with Gasteiger partial charge in [0.1, 0.15) is 24.6 Å². The van der Waals surface area contributed by atoms with Crippen LogP contribution in [0.3, 0.4) is 0 Å². The van der Waals surface area contributed by atoms with Crippen LogP contribution < -0.4 is 11.1 Å². The van der Waals surface area contributed by atoms with Gasteiger partial charge in [-0.05, 0) is 29.5 Å². The Hall–Kier alpha value is -3.68. The van der Waals surface area contributed by atoms with E-state index in [9.17, 15) is 14.0 Å². The lowest BCUT2D eigenvalue weighted by Gasteiger charge is -2.27. The molecule has 8 heteroatoms. The Morgan fingerprint density at radius 1 is 1.09 bits per heavy atom. The summed E-state index contributed by atoms with van der Waals surface area (Å²) in [6, 6.07) is 18.1. The van der Waals surface area contributed by atoms with Gasteiger partial charge in [0.25, 0.3) is 0 Å². The van der Waals surface area contributed by atoms with Crippen molar-refractivity contribution in [3.8, 4) is 0 Å². The number of nitrogens with one attached hydrogen (secondary N) is 1. The van der Waals surface area contributed by atoms with E-state index in [0.717, 1.165) is 16.8 Å². The van der Waals surface area contributed by atoms with E-state index >= 15 is 0 Å². The number of aromatic nitrogens is 2. The second-order valence-electron chi connectivity index (χ2n) is 9.44. The second-order valence-corrected chi connectivity index (χ2v) is 9.44. The Morgan fingerprint density at radius 3 is 2.31 bits per heavy atom. The Labute approximate surface area is 205 Å². The molecule has 2 heterocycles. The molecular weight excluding hydrogens is 445 g/mol. The van der Waals surface area contributed by atoms with Crippen molar-refractivity contribution in [2.24, 2.45) is 0 Å². The molecule has 3 aromatic rings. The Kier molecular flexibility index (Phi) is 7.19. The maximum absolute atomic E-state index is 14.5. The first-order valence-corrected chi connectivity index (χ1v) is 11.9. The quantitative estimate of drug-likeness (QED) is 0.542. The smallest absolute Gasteiger partial charge is 0.245 e. The number of nitrogens with zero attached hydrogens (tertiary/aromatic N) is 3. The van der Waals surface area contributed by atoms with Crippen molar-refractivity contribution < 1.29 is 14.0 Å². The third kappa shape index (κ3) is 5.53. The average Bonchev–Trinajstić information content (AvgIpc) is 3.39. The lowest BCUT2D eigenvalue weighted by molar-refractivity contribution is -0.139. The van der Waals surface area contributed by atoms with E-state index in [1.165, 1.54) is 15.1 Å². The van der Waals surface area contributed by atoms with E-state index < -0.39 is 18.3 Å². The molecule has 1 fully saturated rings. The molecule has 0 spiro atoms. The first-order chi connectivity index (χ1) is 16.7. The number of nitrogens with two attached hydrogens (primary N) is 1. The zero-order valence-electron chi connectivity index (χ0n) is 20.3. The minimum atomic E-state index is -1.26. The zero-order chi connectivity index (χ0) is 25.1. The van der Waals surface area contributed by atoms with Crippen molar-refractivity contribution >= 4 is 17.6 Å². The minimum Gasteiger partial charge on any atom is -0.382 e. The van der Waals surface area contributed by atoms with Gasteiger partial charge in [-0.3, -0.25) is 14.3 Å². The van der Waals surface area contributed by atoms with Gasteiger partial charge >= 0.3 is 0 Å². The number of halogens is 1. The van der Waals surface area contributed by atoms with Crippen LogP contribution in [0.15, 0.2) is 60.7 Å². The van der Waals surface area contributed by atoms with Crippen LogP contribution in [0.4, 0.5) is 10.2 Å². The van der Waals surface area contributed by atoms with E-state index in [-0.39, 0.29) is 31.3 Å². The van der Waals surface area contributed by atoms with Gasteiger partial charge in [-0.1, -0.05) is 68.4 Å². The summed E-state index contributed by atoms with van der Waals surface area (Å²) in [6.45, 7) is 5.83. The molecule has 0 unspecified atom stereocenters. The number of anilines is 1. The molecule has 184 valence electrons. The van der Waals surface area contributed by atoms with Crippen molar-refractivity contribution in [3.05, 3.63) is 83.0 Å². The maximum atomic E-state index is 14.5. The van der Waals surface area contributed by atoms with E-state index in [2.05, 4.69) is 36.4 Å².